The predicted molar refractivity (Wildman–Crippen MR) is 114 cm³/mol. The van der Waals surface area contributed by atoms with E-state index in [-0.39, 0.29) is 11.4 Å². The molecule has 3 rings (SSSR count). The SMILES string of the molecule is C#CC(=O)Nc1ccc(Nc2ccc(F)cc2)c(-c2cc(NC)c(=O)n(C)c2)c1. The molecule has 0 aliphatic rings. The van der Waals surface area contributed by atoms with Gasteiger partial charge in [-0.2, -0.15) is 0 Å². The van der Waals surface area contributed by atoms with Crippen molar-refractivity contribution in [2.75, 3.05) is 23.0 Å². The van der Waals surface area contributed by atoms with Crippen LogP contribution in [0.4, 0.5) is 27.1 Å². The third-order valence-corrected chi connectivity index (χ3v) is 4.30. The molecule has 0 aliphatic heterocycles. The lowest BCUT2D eigenvalue weighted by molar-refractivity contribution is -0.111. The first kappa shape index (κ1) is 19.7. The zero-order valence-electron chi connectivity index (χ0n) is 15.9. The summed E-state index contributed by atoms with van der Waals surface area (Å²) in [6, 6.07) is 12.9. The van der Waals surface area contributed by atoms with Gasteiger partial charge in [0.25, 0.3) is 11.5 Å². The summed E-state index contributed by atoms with van der Waals surface area (Å²) in [5.41, 5.74) is 3.61. The monoisotopic (exact) mass is 390 g/mol. The second-order valence-corrected chi connectivity index (χ2v) is 6.30. The van der Waals surface area contributed by atoms with E-state index in [0.717, 1.165) is 11.1 Å². The first-order valence-electron chi connectivity index (χ1n) is 8.74. The van der Waals surface area contributed by atoms with E-state index in [1.54, 1.807) is 56.7 Å². The number of pyridine rings is 1. The van der Waals surface area contributed by atoms with Gasteiger partial charge in [-0.15, -0.1) is 6.42 Å². The minimum absolute atomic E-state index is 0.166. The highest BCUT2D eigenvalue weighted by Gasteiger charge is 2.12. The van der Waals surface area contributed by atoms with E-state index < -0.39 is 5.91 Å². The molecule has 6 nitrogen and oxygen atoms in total. The lowest BCUT2D eigenvalue weighted by atomic mass is 10.0. The van der Waals surface area contributed by atoms with Crippen molar-refractivity contribution in [1.82, 2.24) is 4.57 Å². The topological polar surface area (TPSA) is 75.2 Å². The van der Waals surface area contributed by atoms with Crippen molar-refractivity contribution in [2.45, 2.75) is 0 Å². The summed E-state index contributed by atoms with van der Waals surface area (Å²) < 4.78 is 14.7. The molecular formula is C22H19FN4O2. The van der Waals surface area contributed by atoms with Crippen LogP contribution in [0.15, 0.2) is 59.5 Å². The second kappa shape index (κ2) is 8.31. The number of terminal acetylenes is 1. The average molecular weight is 390 g/mol. The second-order valence-electron chi connectivity index (χ2n) is 6.30. The zero-order chi connectivity index (χ0) is 21.0. The van der Waals surface area contributed by atoms with Crippen LogP contribution in [0.3, 0.4) is 0 Å². The predicted octanol–water partition coefficient (Wildman–Crippen LogP) is 3.55. The summed E-state index contributed by atoms with van der Waals surface area (Å²) >= 11 is 0. The van der Waals surface area contributed by atoms with Gasteiger partial charge in [-0.1, -0.05) is 0 Å². The van der Waals surface area contributed by atoms with Gasteiger partial charge in [-0.25, -0.2) is 4.39 Å². The molecule has 0 saturated heterocycles. The first-order valence-corrected chi connectivity index (χ1v) is 8.74. The molecule has 2 aromatic carbocycles. The van der Waals surface area contributed by atoms with Crippen LogP contribution in [-0.2, 0) is 11.8 Å². The largest absolute Gasteiger partial charge is 0.384 e. The molecule has 0 aliphatic carbocycles. The maximum absolute atomic E-state index is 13.2. The first-order chi connectivity index (χ1) is 13.9. The highest BCUT2D eigenvalue weighted by Crippen LogP contribution is 2.33. The van der Waals surface area contributed by atoms with Crippen molar-refractivity contribution in [3.8, 4) is 23.5 Å². The van der Waals surface area contributed by atoms with E-state index in [4.69, 9.17) is 6.42 Å². The third-order valence-electron chi connectivity index (χ3n) is 4.30. The van der Waals surface area contributed by atoms with Crippen LogP contribution >= 0.6 is 0 Å². The van der Waals surface area contributed by atoms with Crippen molar-refractivity contribution in [2.24, 2.45) is 7.05 Å². The Morgan fingerprint density at radius 2 is 1.76 bits per heavy atom. The van der Waals surface area contributed by atoms with Crippen molar-refractivity contribution < 1.29 is 9.18 Å². The van der Waals surface area contributed by atoms with Gasteiger partial charge in [0.05, 0.1) is 0 Å². The number of nitrogens with zero attached hydrogens (tertiary/aromatic N) is 1. The number of aryl methyl sites for hydroxylation is 1. The lowest BCUT2D eigenvalue weighted by Crippen LogP contribution is -2.19. The Bertz CT molecular complexity index is 1160. The number of hydrogen-bond acceptors (Lipinski definition) is 4. The molecule has 3 aromatic rings. The molecule has 1 aromatic heterocycles. The highest BCUT2D eigenvalue weighted by molar-refractivity contribution is 6.04. The molecule has 0 bridgehead atoms. The Kier molecular flexibility index (Phi) is 5.65. The Hall–Kier alpha value is -4.05. The molecule has 7 heteroatoms. The van der Waals surface area contributed by atoms with Crippen molar-refractivity contribution >= 4 is 28.7 Å². The van der Waals surface area contributed by atoms with Crippen LogP contribution in [0, 0.1) is 18.2 Å². The molecular weight excluding hydrogens is 371 g/mol. The van der Waals surface area contributed by atoms with Crippen LogP contribution in [0.5, 0.6) is 0 Å². The van der Waals surface area contributed by atoms with E-state index in [9.17, 15) is 14.0 Å². The third kappa shape index (κ3) is 4.45. The molecule has 0 unspecified atom stereocenters. The van der Waals surface area contributed by atoms with Crippen molar-refractivity contribution in [1.29, 1.82) is 0 Å². The number of carbonyl (C=O) groups is 1. The fourth-order valence-corrected chi connectivity index (χ4v) is 2.86. The van der Waals surface area contributed by atoms with Crippen LogP contribution in [0.2, 0.25) is 0 Å². The molecule has 1 heterocycles. The fourth-order valence-electron chi connectivity index (χ4n) is 2.86. The van der Waals surface area contributed by atoms with Gasteiger partial charge >= 0.3 is 0 Å². The fraction of sp³-hybridized carbons (Fsp3) is 0.0909. The van der Waals surface area contributed by atoms with Crippen LogP contribution in [0.25, 0.3) is 11.1 Å². The van der Waals surface area contributed by atoms with Gasteiger partial charge in [0, 0.05) is 48.5 Å². The molecule has 1 amide bonds. The standard InChI is InChI=1S/C22H19FN4O2/c1-4-21(28)26-17-9-10-19(25-16-7-5-15(23)6-8-16)18(12-17)14-11-20(24-2)22(29)27(3)13-14/h1,5-13,24-25H,2-3H3,(H,26,28). The Morgan fingerprint density at radius 3 is 2.41 bits per heavy atom. The number of nitrogens with one attached hydrogen (secondary N) is 3. The van der Waals surface area contributed by atoms with Crippen molar-refractivity contribution in [3.05, 3.63) is 70.9 Å². The number of halogens is 1. The Balaban J connectivity index is 2.12. The minimum Gasteiger partial charge on any atom is -0.384 e. The summed E-state index contributed by atoms with van der Waals surface area (Å²) in [6.45, 7) is 0. The number of anilines is 4. The molecule has 29 heavy (non-hydrogen) atoms. The smallest absolute Gasteiger partial charge is 0.300 e. The molecule has 146 valence electrons. The Morgan fingerprint density at radius 1 is 1.07 bits per heavy atom. The van der Waals surface area contributed by atoms with Gasteiger partial charge in [-0.05, 0) is 54.5 Å². The number of aromatic nitrogens is 1. The van der Waals surface area contributed by atoms with Crippen molar-refractivity contribution in [3.63, 3.8) is 0 Å². The molecule has 0 radical (unpaired) electrons. The van der Waals surface area contributed by atoms with Crippen LogP contribution < -0.4 is 21.5 Å². The molecule has 0 fully saturated rings. The molecule has 3 N–H and O–H groups in total. The summed E-state index contributed by atoms with van der Waals surface area (Å²) in [5, 5.41) is 8.74. The Labute approximate surface area is 167 Å². The van der Waals surface area contributed by atoms with Gasteiger partial charge in [-0.3, -0.25) is 9.59 Å². The zero-order valence-corrected chi connectivity index (χ0v) is 15.9. The minimum atomic E-state index is -0.563. The maximum atomic E-state index is 13.2. The van der Waals surface area contributed by atoms with E-state index in [1.165, 1.54) is 16.7 Å². The number of hydrogen-bond donors (Lipinski definition) is 3. The number of amides is 1. The molecule has 0 atom stereocenters. The number of benzene rings is 2. The highest BCUT2D eigenvalue weighted by atomic mass is 19.1. The quantitative estimate of drug-likeness (QED) is 0.583. The van der Waals surface area contributed by atoms with E-state index >= 15 is 0 Å². The summed E-state index contributed by atoms with van der Waals surface area (Å²) in [5.74, 6) is 1.11. The molecule has 0 spiro atoms. The average Bonchev–Trinajstić information content (AvgIpc) is 2.72. The van der Waals surface area contributed by atoms with E-state index in [0.29, 0.717) is 22.7 Å². The van der Waals surface area contributed by atoms with Gasteiger partial charge in [0.2, 0.25) is 0 Å². The van der Waals surface area contributed by atoms with Crippen LogP contribution in [-0.4, -0.2) is 17.5 Å². The number of rotatable bonds is 5. The van der Waals surface area contributed by atoms with E-state index in [1.807, 2.05) is 5.92 Å². The lowest BCUT2D eigenvalue weighted by Gasteiger charge is -2.16. The van der Waals surface area contributed by atoms with Crippen LogP contribution in [0.1, 0.15) is 0 Å². The van der Waals surface area contributed by atoms with Gasteiger partial charge in [0.15, 0.2) is 0 Å². The summed E-state index contributed by atoms with van der Waals surface area (Å²) in [6.07, 6.45) is 6.83. The summed E-state index contributed by atoms with van der Waals surface area (Å²) in [7, 11) is 3.32. The van der Waals surface area contributed by atoms with E-state index in [2.05, 4.69) is 16.0 Å². The molecule has 0 saturated carbocycles. The van der Waals surface area contributed by atoms with Gasteiger partial charge < -0.3 is 20.5 Å². The normalized spacial score (nSPS) is 10.1. The van der Waals surface area contributed by atoms with Gasteiger partial charge in [0.1, 0.15) is 11.5 Å². The summed E-state index contributed by atoms with van der Waals surface area (Å²) in [4.78, 5) is 23.8. The number of carbonyl (C=O) groups excluding carboxylic acids is 1. The maximum Gasteiger partial charge on any atom is 0.300 e.